The summed E-state index contributed by atoms with van der Waals surface area (Å²) in [6, 6.07) is 6.28. The Kier molecular flexibility index (Phi) is 6.65. The van der Waals surface area contributed by atoms with Gasteiger partial charge in [-0.2, -0.15) is 0 Å². The Bertz CT molecular complexity index is 1100. The third kappa shape index (κ3) is 4.95. The SMILES string of the molecule is O=C(Nc1cnccc1C(=O)NCC1CCNC1)c1csc(-c2c(F)cccc2P)n1. The summed E-state index contributed by atoms with van der Waals surface area (Å²) in [5, 5.41) is 11.5. The molecule has 7 nitrogen and oxygen atoms in total. The lowest BCUT2D eigenvalue weighted by Crippen LogP contribution is -2.31. The number of nitrogens with zero attached hydrogens (tertiary/aromatic N) is 2. The number of aromatic nitrogens is 2. The summed E-state index contributed by atoms with van der Waals surface area (Å²) in [4.78, 5) is 33.7. The predicted molar refractivity (Wildman–Crippen MR) is 122 cm³/mol. The number of hydrogen-bond donors (Lipinski definition) is 3. The summed E-state index contributed by atoms with van der Waals surface area (Å²) in [5.41, 5.74) is 1.10. The van der Waals surface area contributed by atoms with Crippen LogP contribution in [0.15, 0.2) is 42.0 Å². The fraction of sp³-hybridized carbons (Fsp3) is 0.238. The van der Waals surface area contributed by atoms with Crippen molar-refractivity contribution in [3.05, 3.63) is 59.1 Å². The average molecular weight is 457 g/mol. The number of rotatable bonds is 6. The molecule has 3 heterocycles. The molecule has 0 saturated carbocycles. The number of halogens is 1. The van der Waals surface area contributed by atoms with Crippen LogP contribution in [0, 0.1) is 11.7 Å². The molecule has 0 bridgehead atoms. The van der Waals surface area contributed by atoms with Gasteiger partial charge < -0.3 is 16.0 Å². The summed E-state index contributed by atoms with van der Waals surface area (Å²) in [6.45, 7) is 2.40. The molecule has 31 heavy (non-hydrogen) atoms. The van der Waals surface area contributed by atoms with Crippen LogP contribution < -0.4 is 21.3 Å². The second kappa shape index (κ2) is 9.60. The lowest BCUT2D eigenvalue weighted by atomic mass is 10.1. The number of nitrogens with one attached hydrogen (secondary N) is 3. The number of anilines is 1. The van der Waals surface area contributed by atoms with E-state index in [4.69, 9.17) is 0 Å². The molecular weight excluding hydrogens is 436 g/mol. The van der Waals surface area contributed by atoms with Gasteiger partial charge in [-0.1, -0.05) is 12.1 Å². The first-order valence-corrected chi connectivity index (χ1v) is 11.2. The predicted octanol–water partition coefficient (Wildman–Crippen LogP) is 2.44. The molecule has 3 N–H and O–H groups in total. The van der Waals surface area contributed by atoms with Gasteiger partial charge >= 0.3 is 0 Å². The number of amides is 2. The summed E-state index contributed by atoms with van der Waals surface area (Å²) in [7, 11) is 2.47. The molecule has 2 amide bonds. The fourth-order valence-electron chi connectivity index (χ4n) is 3.36. The third-order valence-corrected chi connectivity index (χ3v) is 6.37. The van der Waals surface area contributed by atoms with E-state index in [2.05, 4.69) is 35.2 Å². The maximum atomic E-state index is 14.2. The summed E-state index contributed by atoms with van der Waals surface area (Å²) < 4.78 is 14.2. The molecule has 2 atom stereocenters. The van der Waals surface area contributed by atoms with E-state index in [1.54, 1.807) is 23.6 Å². The van der Waals surface area contributed by atoms with Gasteiger partial charge in [-0.3, -0.25) is 14.6 Å². The van der Waals surface area contributed by atoms with Crippen molar-refractivity contribution < 1.29 is 14.0 Å². The molecule has 2 unspecified atom stereocenters. The number of thiazole rings is 1. The molecule has 10 heteroatoms. The van der Waals surface area contributed by atoms with Gasteiger partial charge in [-0.05, 0) is 42.9 Å². The summed E-state index contributed by atoms with van der Waals surface area (Å²) in [6.07, 6.45) is 3.95. The minimum Gasteiger partial charge on any atom is -0.352 e. The van der Waals surface area contributed by atoms with Gasteiger partial charge in [0, 0.05) is 18.1 Å². The molecule has 160 valence electrons. The zero-order valence-electron chi connectivity index (χ0n) is 16.5. The van der Waals surface area contributed by atoms with E-state index < -0.39 is 11.7 Å². The standard InChI is InChI=1S/C21H21FN5O2PS/c22-14-2-1-3-17(30)18(14)21-27-16(11-31-21)20(29)26-15-10-24-7-5-13(15)19(28)25-9-12-4-6-23-8-12/h1-3,5,7,10-12,23H,4,6,8-9,30H2,(H,25,28)(H,26,29). The number of carbonyl (C=O) groups excluding carboxylic acids is 2. The highest BCUT2D eigenvalue weighted by Gasteiger charge is 2.20. The highest BCUT2D eigenvalue weighted by atomic mass is 32.1. The molecule has 1 aromatic carbocycles. The van der Waals surface area contributed by atoms with E-state index in [1.165, 1.54) is 29.8 Å². The molecule has 0 radical (unpaired) electrons. The number of pyridine rings is 1. The van der Waals surface area contributed by atoms with E-state index in [-0.39, 0.29) is 11.6 Å². The Morgan fingerprint density at radius 1 is 1.29 bits per heavy atom. The van der Waals surface area contributed by atoms with E-state index >= 15 is 0 Å². The average Bonchev–Trinajstić information content (AvgIpc) is 3.45. The monoisotopic (exact) mass is 457 g/mol. The van der Waals surface area contributed by atoms with Crippen molar-refractivity contribution in [1.29, 1.82) is 0 Å². The van der Waals surface area contributed by atoms with Crippen molar-refractivity contribution in [3.8, 4) is 10.6 Å². The Morgan fingerprint density at radius 3 is 2.94 bits per heavy atom. The minimum absolute atomic E-state index is 0.139. The van der Waals surface area contributed by atoms with Crippen molar-refractivity contribution >= 4 is 43.4 Å². The van der Waals surface area contributed by atoms with Crippen LogP contribution in [0.25, 0.3) is 10.6 Å². The van der Waals surface area contributed by atoms with E-state index in [1.807, 2.05) is 0 Å². The third-order valence-electron chi connectivity index (χ3n) is 5.02. The maximum Gasteiger partial charge on any atom is 0.275 e. The van der Waals surface area contributed by atoms with Gasteiger partial charge in [0.05, 0.1) is 23.0 Å². The lowest BCUT2D eigenvalue weighted by Gasteiger charge is -2.12. The van der Waals surface area contributed by atoms with Crippen LogP contribution >= 0.6 is 20.6 Å². The minimum atomic E-state index is -0.494. The first-order chi connectivity index (χ1) is 15.0. The van der Waals surface area contributed by atoms with Crippen molar-refractivity contribution in [2.45, 2.75) is 6.42 Å². The molecule has 4 rings (SSSR count). The largest absolute Gasteiger partial charge is 0.352 e. The van der Waals surface area contributed by atoms with Crippen molar-refractivity contribution in [3.63, 3.8) is 0 Å². The van der Waals surface area contributed by atoms with Crippen LogP contribution in [0.2, 0.25) is 0 Å². The first-order valence-electron chi connectivity index (χ1n) is 9.77. The van der Waals surface area contributed by atoms with Gasteiger partial charge in [0.25, 0.3) is 11.8 Å². The highest BCUT2D eigenvalue weighted by molar-refractivity contribution is 7.28. The van der Waals surface area contributed by atoms with Crippen LogP contribution in [-0.2, 0) is 0 Å². The Morgan fingerprint density at radius 2 is 2.16 bits per heavy atom. The van der Waals surface area contributed by atoms with Gasteiger partial charge in [-0.25, -0.2) is 9.37 Å². The Labute approximate surface area is 185 Å². The van der Waals surface area contributed by atoms with Crippen LogP contribution in [0.1, 0.15) is 27.3 Å². The van der Waals surface area contributed by atoms with Crippen molar-refractivity contribution in [2.24, 2.45) is 5.92 Å². The van der Waals surface area contributed by atoms with Gasteiger partial charge in [0.15, 0.2) is 0 Å². The van der Waals surface area contributed by atoms with E-state index in [0.29, 0.717) is 39.6 Å². The van der Waals surface area contributed by atoms with Gasteiger partial charge in [0.2, 0.25) is 0 Å². The fourth-order valence-corrected chi connectivity index (χ4v) is 4.72. The molecule has 1 fully saturated rings. The van der Waals surface area contributed by atoms with E-state index in [9.17, 15) is 14.0 Å². The molecule has 1 aliphatic heterocycles. The zero-order chi connectivity index (χ0) is 21.8. The molecule has 0 aliphatic carbocycles. The topological polar surface area (TPSA) is 96.0 Å². The smallest absolute Gasteiger partial charge is 0.275 e. The molecule has 1 aliphatic rings. The molecular formula is C21H21FN5O2PS. The number of hydrogen-bond acceptors (Lipinski definition) is 6. The second-order valence-corrected chi connectivity index (χ2v) is 8.67. The van der Waals surface area contributed by atoms with Crippen LogP contribution in [0.5, 0.6) is 0 Å². The summed E-state index contributed by atoms with van der Waals surface area (Å²) in [5.74, 6) is -0.775. The first kappa shape index (κ1) is 21.5. The molecule has 3 aromatic rings. The Hall–Kier alpha value is -2.74. The molecule has 0 spiro atoms. The van der Waals surface area contributed by atoms with Crippen molar-refractivity contribution in [2.75, 3.05) is 25.0 Å². The second-order valence-electron chi connectivity index (χ2n) is 7.19. The maximum absolute atomic E-state index is 14.2. The highest BCUT2D eigenvalue weighted by Crippen LogP contribution is 2.26. The summed E-state index contributed by atoms with van der Waals surface area (Å²) >= 11 is 1.18. The van der Waals surface area contributed by atoms with E-state index in [0.717, 1.165) is 19.5 Å². The number of carbonyl (C=O) groups is 2. The van der Waals surface area contributed by atoms with Crippen LogP contribution in [0.4, 0.5) is 10.1 Å². The lowest BCUT2D eigenvalue weighted by molar-refractivity contribution is 0.0949. The number of benzene rings is 1. The van der Waals surface area contributed by atoms with Gasteiger partial charge in [0.1, 0.15) is 16.5 Å². The molecule has 1 saturated heterocycles. The van der Waals surface area contributed by atoms with Crippen molar-refractivity contribution in [1.82, 2.24) is 20.6 Å². The normalized spacial score (nSPS) is 15.6. The molecule has 2 aromatic heterocycles. The Balaban J connectivity index is 1.48. The zero-order valence-corrected chi connectivity index (χ0v) is 18.5. The van der Waals surface area contributed by atoms with Crippen LogP contribution in [-0.4, -0.2) is 41.4 Å². The van der Waals surface area contributed by atoms with Crippen LogP contribution in [0.3, 0.4) is 0 Å². The van der Waals surface area contributed by atoms with Gasteiger partial charge in [-0.15, -0.1) is 20.6 Å². The quantitative estimate of drug-likeness (QED) is 0.494.